The lowest BCUT2D eigenvalue weighted by Gasteiger charge is -2.26. The number of benzene rings is 1. The molecule has 1 fully saturated rings. The van der Waals surface area contributed by atoms with Crippen LogP contribution in [0.4, 0.5) is 5.69 Å². The highest BCUT2D eigenvalue weighted by Gasteiger charge is 2.40. The normalized spacial score (nSPS) is 22.5. The number of anilines is 1. The van der Waals surface area contributed by atoms with Crippen LogP contribution in [0.15, 0.2) is 18.2 Å². The third-order valence-corrected chi connectivity index (χ3v) is 4.01. The Kier molecular flexibility index (Phi) is 4.71. The van der Waals surface area contributed by atoms with Crippen molar-refractivity contribution < 1.29 is 4.79 Å². The van der Waals surface area contributed by atoms with Gasteiger partial charge in [-0.1, -0.05) is 36.5 Å². The molecule has 1 saturated heterocycles. The summed E-state index contributed by atoms with van der Waals surface area (Å²) in [5.41, 5.74) is 0.355. The molecular weight excluding hydrogens is 283 g/mol. The lowest BCUT2D eigenvalue weighted by Crippen LogP contribution is -2.38. The van der Waals surface area contributed by atoms with Crippen molar-refractivity contribution in [3.63, 3.8) is 0 Å². The van der Waals surface area contributed by atoms with Gasteiger partial charge in [0.1, 0.15) is 0 Å². The quantitative estimate of drug-likeness (QED) is 0.890. The molecule has 0 bridgehead atoms. The van der Waals surface area contributed by atoms with Crippen LogP contribution in [0.2, 0.25) is 10.0 Å². The number of halogens is 2. The molecule has 1 atom stereocenters. The summed E-state index contributed by atoms with van der Waals surface area (Å²) in [4.78, 5) is 12.5. The molecule has 2 rings (SSSR count). The number of carbonyl (C=O) groups is 1. The van der Waals surface area contributed by atoms with Gasteiger partial charge in [0.15, 0.2) is 0 Å². The van der Waals surface area contributed by atoms with Gasteiger partial charge in [-0.05, 0) is 37.6 Å². The summed E-state index contributed by atoms with van der Waals surface area (Å²) < 4.78 is 0. The number of rotatable bonds is 4. The van der Waals surface area contributed by atoms with Gasteiger partial charge in [-0.3, -0.25) is 4.79 Å². The summed E-state index contributed by atoms with van der Waals surface area (Å²) in [6.45, 7) is 3.73. The third kappa shape index (κ3) is 3.41. The van der Waals surface area contributed by atoms with Crippen LogP contribution in [-0.2, 0) is 4.79 Å². The molecule has 0 radical (unpaired) electrons. The van der Waals surface area contributed by atoms with Crippen molar-refractivity contribution in [2.75, 3.05) is 18.4 Å². The smallest absolute Gasteiger partial charge is 0.231 e. The van der Waals surface area contributed by atoms with E-state index in [4.69, 9.17) is 23.2 Å². The first-order valence-electron chi connectivity index (χ1n) is 6.54. The van der Waals surface area contributed by atoms with Crippen LogP contribution in [-0.4, -0.2) is 19.0 Å². The SMILES string of the molecule is CCCC1(C(=O)Nc2cc(Cl)cc(Cl)c2)CCNC1. The average Bonchev–Trinajstić information content (AvgIpc) is 2.78. The highest BCUT2D eigenvalue weighted by atomic mass is 35.5. The molecule has 1 amide bonds. The second-order valence-electron chi connectivity index (χ2n) is 5.07. The summed E-state index contributed by atoms with van der Waals surface area (Å²) in [5, 5.41) is 7.27. The Morgan fingerprint density at radius 1 is 1.37 bits per heavy atom. The molecule has 104 valence electrons. The largest absolute Gasteiger partial charge is 0.325 e. The fraction of sp³-hybridized carbons (Fsp3) is 0.500. The minimum absolute atomic E-state index is 0.0534. The Labute approximate surface area is 123 Å². The highest BCUT2D eigenvalue weighted by Crippen LogP contribution is 2.33. The number of hydrogen-bond donors (Lipinski definition) is 2. The zero-order valence-electron chi connectivity index (χ0n) is 10.9. The molecule has 1 aromatic carbocycles. The second-order valence-corrected chi connectivity index (χ2v) is 5.94. The first kappa shape index (κ1) is 14.6. The molecule has 0 aliphatic carbocycles. The summed E-state index contributed by atoms with van der Waals surface area (Å²) in [5.74, 6) is 0.0534. The summed E-state index contributed by atoms with van der Waals surface area (Å²) in [6, 6.07) is 5.08. The highest BCUT2D eigenvalue weighted by molar-refractivity contribution is 6.35. The average molecular weight is 301 g/mol. The molecule has 2 N–H and O–H groups in total. The van der Waals surface area contributed by atoms with E-state index in [1.807, 2.05) is 0 Å². The van der Waals surface area contributed by atoms with Crippen molar-refractivity contribution in [2.24, 2.45) is 5.41 Å². The second kappa shape index (κ2) is 6.12. The molecule has 3 nitrogen and oxygen atoms in total. The maximum absolute atomic E-state index is 12.5. The van der Waals surface area contributed by atoms with Gasteiger partial charge in [0.2, 0.25) is 5.91 Å². The van der Waals surface area contributed by atoms with Crippen molar-refractivity contribution in [3.05, 3.63) is 28.2 Å². The molecular formula is C14H18Cl2N2O. The zero-order chi connectivity index (χ0) is 13.9. The maximum Gasteiger partial charge on any atom is 0.231 e. The minimum Gasteiger partial charge on any atom is -0.325 e. The Morgan fingerprint density at radius 3 is 2.58 bits per heavy atom. The number of amides is 1. The van der Waals surface area contributed by atoms with Crippen LogP contribution < -0.4 is 10.6 Å². The van der Waals surface area contributed by atoms with Crippen LogP contribution in [0.5, 0.6) is 0 Å². The van der Waals surface area contributed by atoms with Gasteiger partial charge in [0.25, 0.3) is 0 Å². The standard InChI is InChI=1S/C14H18Cl2N2O/c1-2-3-14(4-5-17-9-14)13(19)18-12-7-10(15)6-11(16)8-12/h6-8,17H,2-5,9H2,1H3,(H,18,19). The lowest BCUT2D eigenvalue weighted by molar-refractivity contribution is -0.125. The molecule has 1 aliphatic rings. The van der Waals surface area contributed by atoms with Crippen molar-refractivity contribution in [2.45, 2.75) is 26.2 Å². The molecule has 1 heterocycles. The van der Waals surface area contributed by atoms with Gasteiger partial charge in [-0.2, -0.15) is 0 Å². The Bertz CT molecular complexity index is 450. The molecule has 0 saturated carbocycles. The van der Waals surface area contributed by atoms with E-state index >= 15 is 0 Å². The Morgan fingerprint density at radius 2 is 2.05 bits per heavy atom. The molecule has 1 unspecified atom stereocenters. The minimum atomic E-state index is -0.302. The van der Waals surface area contributed by atoms with E-state index in [2.05, 4.69) is 17.6 Å². The fourth-order valence-electron chi connectivity index (χ4n) is 2.63. The molecule has 1 aliphatic heterocycles. The van der Waals surface area contributed by atoms with Crippen LogP contribution in [0.3, 0.4) is 0 Å². The van der Waals surface area contributed by atoms with E-state index in [1.165, 1.54) is 0 Å². The van der Waals surface area contributed by atoms with Crippen LogP contribution in [0.25, 0.3) is 0 Å². The van der Waals surface area contributed by atoms with E-state index < -0.39 is 0 Å². The number of carbonyl (C=O) groups excluding carboxylic acids is 1. The Hall–Kier alpha value is -0.770. The molecule has 0 spiro atoms. The third-order valence-electron chi connectivity index (χ3n) is 3.57. The maximum atomic E-state index is 12.5. The van der Waals surface area contributed by atoms with Crippen LogP contribution >= 0.6 is 23.2 Å². The van der Waals surface area contributed by atoms with E-state index in [1.54, 1.807) is 18.2 Å². The summed E-state index contributed by atoms with van der Waals surface area (Å²) in [7, 11) is 0. The van der Waals surface area contributed by atoms with E-state index in [-0.39, 0.29) is 11.3 Å². The van der Waals surface area contributed by atoms with Crippen molar-refractivity contribution in [1.82, 2.24) is 5.32 Å². The van der Waals surface area contributed by atoms with Gasteiger partial charge in [-0.25, -0.2) is 0 Å². The molecule has 19 heavy (non-hydrogen) atoms. The zero-order valence-corrected chi connectivity index (χ0v) is 12.4. The number of nitrogens with one attached hydrogen (secondary N) is 2. The first-order chi connectivity index (χ1) is 9.05. The van der Waals surface area contributed by atoms with E-state index in [0.717, 1.165) is 32.4 Å². The summed E-state index contributed by atoms with van der Waals surface area (Å²) in [6.07, 6.45) is 2.76. The van der Waals surface area contributed by atoms with Gasteiger partial charge >= 0.3 is 0 Å². The van der Waals surface area contributed by atoms with Crippen molar-refractivity contribution >= 4 is 34.8 Å². The van der Waals surface area contributed by atoms with Crippen molar-refractivity contribution in [3.8, 4) is 0 Å². The van der Waals surface area contributed by atoms with E-state index in [0.29, 0.717) is 15.7 Å². The molecule has 1 aromatic rings. The van der Waals surface area contributed by atoms with Gasteiger partial charge in [0, 0.05) is 22.3 Å². The fourth-order valence-corrected chi connectivity index (χ4v) is 3.16. The van der Waals surface area contributed by atoms with Gasteiger partial charge in [0.05, 0.1) is 5.41 Å². The summed E-state index contributed by atoms with van der Waals surface area (Å²) >= 11 is 11.9. The molecule has 0 aromatic heterocycles. The number of hydrogen-bond acceptors (Lipinski definition) is 2. The topological polar surface area (TPSA) is 41.1 Å². The molecule has 5 heteroatoms. The van der Waals surface area contributed by atoms with Crippen molar-refractivity contribution in [1.29, 1.82) is 0 Å². The van der Waals surface area contributed by atoms with Crippen LogP contribution in [0, 0.1) is 5.41 Å². The van der Waals surface area contributed by atoms with Crippen LogP contribution in [0.1, 0.15) is 26.2 Å². The predicted molar refractivity (Wildman–Crippen MR) is 79.9 cm³/mol. The van der Waals surface area contributed by atoms with Gasteiger partial charge in [-0.15, -0.1) is 0 Å². The first-order valence-corrected chi connectivity index (χ1v) is 7.29. The van der Waals surface area contributed by atoms with E-state index in [9.17, 15) is 4.79 Å². The van der Waals surface area contributed by atoms with Gasteiger partial charge < -0.3 is 10.6 Å². The monoisotopic (exact) mass is 300 g/mol. The lowest BCUT2D eigenvalue weighted by atomic mass is 9.81. The predicted octanol–water partition coefficient (Wildman–Crippen LogP) is 3.71. The Balaban J connectivity index is 2.14.